The average Bonchev–Trinajstić information content (AvgIpc) is 3.00. The van der Waals surface area contributed by atoms with Crippen LogP contribution in [0.1, 0.15) is 46.2 Å². The van der Waals surface area contributed by atoms with Crippen molar-refractivity contribution in [1.29, 1.82) is 0 Å². The smallest absolute Gasteiger partial charge is 0.349 e. The van der Waals surface area contributed by atoms with E-state index < -0.39 is 5.97 Å². The minimum Gasteiger partial charge on any atom is -0.486 e. The third-order valence-electron chi connectivity index (χ3n) is 3.20. The molecule has 2 heterocycles. The molecule has 0 fully saturated rings. The monoisotopic (exact) mass is 308 g/mol. The van der Waals surface area contributed by atoms with Gasteiger partial charge in [0.05, 0.1) is 11.4 Å². The van der Waals surface area contributed by atoms with Gasteiger partial charge in [-0.1, -0.05) is 20.3 Å². The molecule has 1 N–H and O–H groups in total. The number of carboxylic acids is 1. The van der Waals surface area contributed by atoms with E-state index in [-0.39, 0.29) is 4.88 Å². The molecule has 2 rings (SSSR count). The lowest BCUT2D eigenvalue weighted by Crippen LogP contribution is -2.04. The zero-order chi connectivity index (χ0) is 15.4. The van der Waals surface area contributed by atoms with Crippen molar-refractivity contribution in [3.63, 3.8) is 0 Å². The Labute approximate surface area is 128 Å². The van der Waals surface area contributed by atoms with E-state index in [1.54, 1.807) is 4.68 Å². The molecule has 2 aromatic heterocycles. The van der Waals surface area contributed by atoms with Crippen LogP contribution in [0.4, 0.5) is 0 Å². The van der Waals surface area contributed by atoms with Crippen LogP contribution in [-0.4, -0.2) is 20.9 Å². The fourth-order valence-corrected chi connectivity index (χ4v) is 3.12. The zero-order valence-electron chi connectivity index (χ0n) is 12.5. The van der Waals surface area contributed by atoms with Crippen molar-refractivity contribution in [2.24, 2.45) is 7.05 Å². The topological polar surface area (TPSA) is 64.4 Å². The van der Waals surface area contributed by atoms with Gasteiger partial charge in [-0.25, -0.2) is 4.79 Å². The summed E-state index contributed by atoms with van der Waals surface area (Å²) in [6.07, 6.45) is 2.73. The standard InChI is InChI=1S/C15H20N2O3S/c1-4-6-12-8-13(14(21-12)15(18)19)20-9-11-7-10(5-2)16-17(11)3/h7-8H,4-6,9H2,1-3H3,(H,18,19). The van der Waals surface area contributed by atoms with E-state index in [0.717, 1.165) is 35.5 Å². The molecule has 0 aromatic carbocycles. The van der Waals surface area contributed by atoms with Gasteiger partial charge in [0.1, 0.15) is 12.4 Å². The van der Waals surface area contributed by atoms with Crippen molar-refractivity contribution in [3.8, 4) is 5.75 Å². The number of thiophene rings is 1. The summed E-state index contributed by atoms with van der Waals surface area (Å²) in [6.45, 7) is 4.44. The lowest BCUT2D eigenvalue weighted by molar-refractivity contribution is 0.0697. The highest BCUT2D eigenvalue weighted by Crippen LogP contribution is 2.31. The van der Waals surface area contributed by atoms with Crippen LogP contribution in [0.15, 0.2) is 12.1 Å². The van der Waals surface area contributed by atoms with Gasteiger partial charge < -0.3 is 9.84 Å². The fraction of sp³-hybridized carbons (Fsp3) is 0.467. The van der Waals surface area contributed by atoms with Crippen LogP contribution in [0.25, 0.3) is 0 Å². The van der Waals surface area contributed by atoms with Crippen LogP contribution >= 0.6 is 11.3 Å². The molecule has 0 bridgehead atoms. The van der Waals surface area contributed by atoms with Gasteiger partial charge >= 0.3 is 5.97 Å². The summed E-state index contributed by atoms with van der Waals surface area (Å²) in [7, 11) is 1.87. The van der Waals surface area contributed by atoms with E-state index in [9.17, 15) is 9.90 Å². The van der Waals surface area contributed by atoms with E-state index in [2.05, 4.69) is 12.0 Å². The van der Waals surface area contributed by atoms with E-state index >= 15 is 0 Å². The van der Waals surface area contributed by atoms with Gasteiger partial charge in [-0.3, -0.25) is 4.68 Å². The number of carbonyl (C=O) groups is 1. The zero-order valence-corrected chi connectivity index (χ0v) is 13.4. The molecule has 0 aliphatic rings. The summed E-state index contributed by atoms with van der Waals surface area (Å²) in [5.41, 5.74) is 1.94. The molecular weight excluding hydrogens is 288 g/mol. The van der Waals surface area contributed by atoms with Gasteiger partial charge in [0, 0.05) is 11.9 Å². The fourth-order valence-electron chi connectivity index (χ4n) is 2.08. The van der Waals surface area contributed by atoms with Gasteiger partial charge in [0.25, 0.3) is 0 Å². The lowest BCUT2D eigenvalue weighted by Gasteiger charge is -2.05. The molecule has 21 heavy (non-hydrogen) atoms. The first kappa shape index (κ1) is 15.6. The number of carboxylic acid groups (broad SMARTS) is 1. The summed E-state index contributed by atoms with van der Waals surface area (Å²) in [5, 5.41) is 13.6. The predicted molar refractivity (Wildman–Crippen MR) is 82.2 cm³/mol. The number of hydrogen-bond acceptors (Lipinski definition) is 4. The molecule has 0 unspecified atom stereocenters. The first-order valence-electron chi connectivity index (χ1n) is 7.05. The Kier molecular flexibility index (Phi) is 5.01. The van der Waals surface area contributed by atoms with Crippen molar-refractivity contribution in [2.45, 2.75) is 39.7 Å². The number of aromatic carboxylic acids is 1. The van der Waals surface area contributed by atoms with E-state index in [4.69, 9.17) is 4.74 Å². The summed E-state index contributed by atoms with van der Waals surface area (Å²) in [4.78, 5) is 12.6. The molecule has 0 radical (unpaired) electrons. The van der Waals surface area contributed by atoms with E-state index in [1.165, 1.54) is 11.3 Å². The summed E-state index contributed by atoms with van der Waals surface area (Å²) < 4.78 is 7.50. The molecule has 0 saturated carbocycles. The maximum atomic E-state index is 11.3. The number of rotatable bonds is 7. The Hall–Kier alpha value is -1.82. The minimum atomic E-state index is -0.934. The van der Waals surface area contributed by atoms with Crippen LogP contribution in [0.2, 0.25) is 0 Å². The highest BCUT2D eigenvalue weighted by Gasteiger charge is 2.17. The van der Waals surface area contributed by atoms with Crippen LogP contribution in [-0.2, 0) is 26.5 Å². The molecule has 5 nitrogen and oxygen atoms in total. The van der Waals surface area contributed by atoms with Crippen LogP contribution in [0, 0.1) is 0 Å². The number of aromatic nitrogens is 2. The summed E-state index contributed by atoms with van der Waals surface area (Å²) in [5.74, 6) is -0.480. The van der Waals surface area contributed by atoms with Crippen molar-refractivity contribution >= 4 is 17.3 Å². The SMILES string of the molecule is CCCc1cc(OCc2cc(CC)nn2C)c(C(=O)O)s1. The minimum absolute atomic E-state index is 0.274. The Bertz CT molecular complexity index is 631. The number of nitrogens with zero attached hydrogens (tertiary/aromatic N) is 2. The Morgan fingerprint density at radius 3 is 2.76 bits per heavy atom. The molecule has 2 aromatic rings. The average molecular weight is 308 g/mol. The molecule has 0 aliphatic carbocycles. The Balaban J connectivity index is 2.14. The first-order valence-corrected chi connectivity index (χ1v) is 7.87. The molecular formula is C15H20N2O3S. The highest BCUT2D eigenvalue weighted by molar-refractivity contribution is 7.14. The van der Waals surface area contributed by atoms with Crippen LogP contribution < -0.4 is 4.74 Å². The second-order valence-corrected chi connectivity index (χ2v) is 5.99. The van der Waals surface area contributed by atoms with Gasteiger partial charge in [0.15, 0.2) is 4.88 Å². The van der Waals surface area contributed by atoms with Crippen LogP contribution in [0.5, 0.6) is 5.75 Å². The number of ether oxygens (including phenoxy) is 1. The Morgan fingerprint density at radius 1 is 1.43 bits per heavy atom. The molecule has 0 saturated heterocycles. The second kappa shape index (κ2) is 6.76. The van der Waals surface area contributed by atoms with Crippen molar-refractivity contribution in [1.82, 2.24) is 9.78 Å². The normalized spacial score (nSPS) is 10.8. The highest BCUT2D eigenvalue weighted by atomic mass is 32.1. The quantitative estimate of drug-likeness (QED) is 0.852. The molecule has 0 amide bonds. The van der Waals surface area contributed by atoms with Gasteiger partial charge in [-0.05, 0) is 25.0 Å². The third kappa shape index (κ3) is 3.64. The summed E-state index contributed by atoms with van der Waals surface area (Å²) >= 11 is 1.29. The van der Waals surface area contributed by atoms with Crippen molar-refractivity contribution < 1.29 is 14.6 Å². The van der Waals surface area contributed by atoms with E-state index in [0.29, 0.717) is 12.4 Å². The second-order valence-electron chi connectivity index (χ2n) is 4.85. The number of hydrogen-bond donors (Lipinski definition) is 1. The lowest BCUT2D eigenvalue weighted by atomic mass is 10.3. The van der Waals surface area contributed by atoms with Crippen molar-refractivity contribution in [3.05, 3.63) is 33.3 Å². The van der Waals surface area contributed by atoms with E-state index in [1.807, 2.05) is 26.1 Å². The maximum absolute atomic E-state index is 11.3. The van der Waals surface area contributed by atoms with Crippen molar-refractivity contribution in [2.75, 3.05) is 0 Å². The molecule has 0 spiro atoms. The van der Waals surface area contributed by atoms with Gasteiger partial charge in [-0.2, -0.15) is 5.10 Å². The van der Waals surface area contributed by atoms with Gasteiger partial charge in [-0.15, -0.1) is 11.3 Å². The third-order valence-corrected chi connectivity index (χ3v) is 4.37. The predicted octanol–water partition coefficient (Wildman–Crippen LogP) is 3.27. The molecule has 0 aliphatic heterocycles. The maximum Gasteiger partial charge on any atom is 0.349 e. The molecule has 6 heteroatoms. The first-order chi connectivity index (χ1) is 10.0. The summed E-state index contributed by atoms with van der Waals surface area (Å²) in [6, 6.07) is 3.83. The van der Waals surface area contributed by atoms with Crippen LogP contribution in [0.3, 0.4) is 0 Å². The molecule has 0 atom stereocenters. The Morgan fingerprint density at radius 2 is 2.19 bits per heavy atom. The number of aryl methyl sites for hydroxylation is 3. The molecule has 114 valence electrons. The largest absolute Gasteiger partial charge is 0.486 e. The van der Waals surface area contributed by atoms with Gasteiger partial charge in [0.2, 0.25) is 0 Å².